The van der Waals surface area contributed by atoms with E-state index in [1.807, 2.05) is 0 Å². The molecule has 2 fully saturated rings. The van der Waals surface area contributed by atoms with E-state index in [9.17, 15) is 0 Å². The molecule has 0 aromatic heterocycles. The average Bonchev–Trinajstić information content (AvgIpc) is 2.81. The van der Waals surface area contributed by atoms with Crippen molar-refractivity contribution in [2.75, 3.05) is 0 Å². The molecule has 0 spiro atoms. The molecule has 0 heterocycles. The van der Waals surface area contributed by atoms with Gasteiger partial charge in [0.25, 0.3) is 0 Å². The lowest BCUT2D eigenvalue weighted by molar-refractivity contribution is 0.0699. The molecule has 0 saturated heterocycles. The quantitative estimate of drug-likeness (QED) is 0.276. The SMILES string of the molecule is CC=CCC[C@@H]1CC[C@@H]2CC(C3CCc4cc(CCCCCC)ccc4C3)CCC2C1. The van der Waals surface area contributed by atoms with Gasteiger partial charge in [-0.2, -0.15) is 0 Å². The smallest absolute Gasteiger partial charge is 0.0245 e. The molecule has 31 heavy (non-hydrogen) atoms. The Balaban J connectivity index is 1.26. The van der Waals surface area contributed by atoms with Gasteiger partial charge in [-0.25, -0.2) is 0 Å². The van der Waals surface area contributed by atoms with Gasteiger partial charge in [-0.05, 0) is 130 Å². The highest BCUT2D eigenvalue weighted by Crippen LogP contribution is 2.49. The molecule has 172 valence electrons. The molecule has 4 rings (SSSR count). The molecule has 1 aromatic carbocycles. The van der Waals surface area contributed by atoms with Crippen LogP contribution in [0.15, 0.2) is 30.4 Å². The molecule has 2 saturated carbocycles. The first kappa shape index (κ1) is 23.1. The van der Waals surface area contributed by atoms with Gasteiger partial charge in [-0.15, -0.1) is 0 Å². The van der Waals surface area contributed by atoms with Crippen LogP contribution in [0, 0.1) is 29.6 Å². The van der Waals surface area contributed by atoms with Gasteiger partial charge in [-0.3, -0.25) is 0 Å². The van der Waals surface area contributed by atoms with Crippen molar-refractivity contribution in [1.29, 1.82) is 0 Å². The van der Waals surface area contributed by atoms with Crippen LogP contribution >= 0.6 is 0 Å². The van der Waals surface area contributed by atoms with E-state index in [1.54, 1.807) is 29.5 Å². The first-order valence-corrected chi connectivity index (χ1v) is 14.0. The summed E-state index contributed by atoms with van der Waals surface area (Å²) in [5.41, 5.74) is 4.99. The average molecular weight is 421 g/mol. The van der Waals surface area contributed by atoms with Gasteiger partial charge in [0.1, 0.15) is 0 Å². The fourth-order valence-corrected chi connectivity index (χ4v) is 7.36. The Morgan fingerprint density at radius 1 is 0.839 bits per heavy atom. The van der Waals surface area contributed by atoms with E-state index < -0.39 is 0 Å². The lowest BCUT2D eigenvalue weighted by atomic mass is 9.61. The molecule has 0 amide bonds. The molecule has 0 N–H and O–H groups in total. The van der Waals surface area contributed by atoms with Crippen molar-refractivity contribution in [3.8, 4) is 0 Å². The normalized spacial score (nSPS) is 30.8. The molecular formula is C31H48. The molecule has 3 unspecified atom stereocenters. The van der Waals surface area contributed by atoms with Crippen molar-refractivity contribution >= 4 is 0 Å². The molecule has 0 aliphatic heterocycles. The third kappa shape index (κ3) is 6.27. The summed E-state index contributed by atoms with van der Waals surface area (Å²) in [6.45, 7) is 4.47. The number of fused-ring (bicyclic) bond motifs is 2. The number of rotatable bonds is 9. The molecule has 1 aromatic rings. The maximum Gasteiger partial charge on any atom is -0.0245 e. The van der Waals surface area contributed by atoms with Crippen molar-refractivity contribution in [3.05, 3.63) is 47.0 Å². The summed E-state index contributed by atoms with van der Waals surface area (Å²) in [4.78, 5) is 0. The summed E-state index contributed by atoms with van der Waals surface area (Å²) in [5, 5.41) is 0. The van der Waals surface area contributed by atoms with Gasteiger partial charge in [0.2, 0.25) is 0 Å². The van der Waals surface area contributed by atoms with E-state index in [0.717, 1.165) is 29.6 Å². The topological polar surface area (TPSA) is 0 Å². The lowest BCUT2D eigenvalue weighted by Gasteiger charge is -2.45. The van der Waals surface area contributed by atoms with Crippen LogP contribution in [0.25, 0.3) is 0 Å². The lowest BCUT2D eigenvalue weighted by Crippen LogP contribution is -2.35. The van der Waals surface area contributed by atoms with Crippen molar-refractivity contribution in [1.82, 2.24) is 0 Å². The van der Waals surface area contributed by atoms with Crippen LogP contribution in [0.3, 0.4) is 0 Å². The zero-order valence-corrected chi connectivity index (χ0v) is 20.6. The number of unbranched alkanes of at least 4 members (excludes halogenated alkanes) is 3. The van der Waals surface area contributed by atoms with Crippen LogP contribution in [-0.2, 0) is 19.3 Å². The van der Waals surface area contributed by atoms with E-state index in [2.05, 4.69) is 44.2 Å². The molecule has 3 aliphatic carbocycles. The summed E-state index contributed by atoms with van der Waals surface area (Å²) in [7, 11) is 0. The molecule has 0 heteroatoms. The van der Waals surface area contributed by atoms with Crippen molar-refractivity contribution in [2.45, 2.75) is 117 Å². The highest BCUT2D eigenvalue weighted by atomic mass is 14.4. The highest BCUT2D eigenvalue weighted by molar-refractivity contribution is 5.34. The Bertz CT molecular complexity index is 698. The Morgan fingerprint density at radius 3 is 2.48 bits per heavy atom. The van der Waals surface area contributed by atoms with Crippen molar-refractivity contribution < 1.29 is 0 Å². The minimum atomic E-state index is 0.969. The Labute approximate surface area is 193 Å². The largest absolute Gasteiger partial charge is 0.0917 e. The van der Waals surface area contributed by atoms with Crippen molar-refractivity contribution in [3.63, 3.8) is 0 Å². The number of allylic oxidation sites excluding steroid dienone is 2. The molecule has 0 nitrogen and oxygen atoms in total. The van der Waals surface area contributed by atoms with Crippen LogP contribution in [0.4, 0.5) is 0 Å². The minimum absolute atomic E-state index is 0.969. The van der Waals surface area contributed by atoms with E-state index in [0.29, 0.717) is 0 Å². The maximum atomic E-state index is 2.57. The molecule has 3 aliphatic rings. The highest BCUT2D eigenvalue weighted by Gasteiger charge is 2.38. The first-order chi connectivity index (χ1) is 15.3. The number of hydrogen-bond acceptors (Lipinski definition) is 0. The fraction of sp³-hybridized carbons (Fsp3) is 0.742. The van der Waals surface area contributed by atoms with Crippen molar-refractivity contribution in [2.24, 2.45) is 29.6 Å². The van der Waals surface area contributed by atoms with Crippen LogP contribution < -0.4 is 0 Å². The van der Waals surface area contributed by atoms with Crippen LogP contribution in [0.2, 0.25) is 0 Å². The fourth-order valence-electron chi connectivity index (χ4n) is 7.36. The number of hydrogen-bond donors (Lipinski definition) is 0. The zero-order chi connectivity index (χ0) is 21.5. The second kappa shape index (κ2) is 11.7. The Morgan fingerprint density at radius 2 is 1.65 bits per heavy atom. The van der Waals surface area contributed by atoms with Gasteiger partial charge in [0.15, 0.2) is 0 Å². The zero-order valence-electron chi connectivity index (χ0n) is 20.6. The standard InChI is InChI=1S/C31H48/c1-3-5-7-9-11-25-13-15-29-23-31(19-17-27(29)21-25)30-18-16-26-20-24(10-8-6-4-2)12-14-28(26)22-30/h4,6,13,15,21,24,26,28,30-31H,3,5,7-12,14,16-20,22-23H2,1-2H3/t24-,26?,28-,30?,31?/m1/s1. The van der Waals surface area contributed by atoms with Crippen LogP contribution in [0.1, 0.15) is 114 Å². The predicted octanol–water partition coefficient (Wildman–Crippen LogP) is 9.10. The van der Waals surface area contributed by atoms with E-state index in [1.165, 1.54) is 89.9 Å². The Kier molecular flexibility index (Phi) is 8.74. The summed E-state index contributed by atoms with van der Waals surface area (Å²) in [5.74, 6) is 5.13. The minimum Gasteiger partial charge on any atom is -0.0917 e. The van der Waals surface area contributed by atoms with E-state index >= 15 is 0 Å². The number of aryl methyl sites for hydroxylation is 2. The summed E-state index contributed by atoms with van der Waals surface area (Å²) in [6, 6.07) is 7.54. The predicted molar refractivity (Wildman–Crippen MR) is 136 cm³/mol. The Hall–Kier alpha value is -1.04. The van der Waals surface area contributed by atoms with Crippen LogP contribution in [0.5, 0.6) is 0 Å². The van der Waals surface area contributed by atoms with Gasteiger partial charge in [0.05, 0.1) is 0 Å². The molecule has 0 radical (unpaired) electrons. The summed E-state index contributed by atoms with van der Waals surface area (Å²) >= 11 is 0. The second-order valence-corrected chi connectivity index (χ2v) is 11.3. The van der Waals surface area contributed by atoms with E-state index in [4.69, 9.17) is 0 Å². The third-order valence-corrected chi connectivity index (χ3v) is 9.26. The van der Waals surface area contributed by atoms with Gasteiger partial charge >= 0.3 is 0 Å². The molecule has 0 bridgehead atoms. The molecular weight excluding hydrogens is 372 g/mol. The molecule has 5 atom stereocenters. The van der Waals surface area contributed by atoms with Gasteiger partial charge < -0.3 is 0 Å². The summed E-state index contributed by atoms with van der Waals surface area (Å²) < 4.78 is 0. The van der Waals surface area contributed by atoms with E-state index in [-0.39, 0.29) is 0 Å². The monoisotopic (exact) mass is 420 g/mol. The third-order valence-electron chi connectivity index (χ3n) is 9.26. The first-order valence-electron chi connectivity index (χ1n) is 14.0. The van der Waals surface area contributed by atoms with Gasteiger partial charge in [0, 0.05) is 0 Å². The van der Waals surface area contributed by atoms with Crippen LogP contribution in [-0.4, -0.2) is 0 Å². The number of benzene rings is 1. The van der Waals surface area contributed by atoms with Gasteiger partial charge in [-0.1, -0.05) is 63.0 Å². The maximum absolute atomic E-state index is 2.57. The second-order valence-electron chi connectivity index (χ2n) is 11.3. The summed E-state index contributed by atoms with van der Waals surface area (Å²) in [6.07, 6.45) is 27.5.